The number of benzene rings is 1. The molecule has 2 N–H and O–H groups in total. The predicted molar refractivity (Wildman–Crippen MR) is 103 cm³/mol. The number of nitriles is 1. The number of phenolic OH excluding ortho intramolecular Hbond substituents is 1. The van der Waals surface area contributed by atoms with Gasteiger partial charge in [-0.15, -0.1) is 0 Å². The number of ether oxygens (including phenoxy) is 2. The smallest absolute Gasteiger partial charge is 0.349 e. The van der Waals surface area contributed by atoms with Crippen LogP contribution in [-0.4, -0.2) is 55.1 Å². The average Bonchev–Trinajstić information content (AvgIpc) is 2.67. The van der Waals surface area contributed by atoms with Gasteiger partial charge in [-0.05, 0) is 32.1 Å². The molecule has 150 valence electrons. The molecule has 0 aliphatic rings. The average molecular weight is 388 g/mol. The van der Waals surface area contributed by atoms with Gasteiger partial charge < -0.3 is 24.6 Å². The maximum atomic E-state index is 12.0. The van der Waals surface area contributed by atoms with Crippen LogP contribution in [0.4, 0.5) is 5.69 Å². The SMILES string of the molecule is C=C(C)C(=O)OCCOC(=O)/C(C#N)=C/c1ccc(N(CC)CCO)cc1O. The third-order valence-corrected chi connectivity index (χ3v) is 3.67. The van der Waals surface area contributed by atoms with E-state index in [0.29, 0.717) is 18.8 Å². The van der Waals surface area contributed by atoms with Crippen LogP contribution in [0.5, 0.6) is 5.75 Å². The summed E-state index contributed by atoms with van der Waals surface area (Å²) in [6, 6.07) is 6.48. The van der Waals surface area contributed by atoms with E-state index in [1.54, 1.807) is 18.2 Å². The molecule has 0 unspecified atom stereocenters. The normalized spacial score (nSPS) is 10.7. The topological polar surface area (TPSA) is 120 Å². The first kappa shape index (κ1) is 22.7. The molecule has 28 heavy (non-hydrogen) atoms. The number of likely N-dealkylation sites (N-methyl/N-ethyl adjacent to an activating group) is 1. The zero-order chi connectivity index (χ0) is 21.1. The van der Waals surface area contributed by atoms with Crippen molar-refractivity contribution >= 4 is 23.7 Å². The second kappa shape index (κ2) is 11.4. The Morgan fingerprint density at radius 3 is 2.43 bits per heavy atom. The largest absolute Gasteiger partial charge is 0.507 e. The minimum Gasteiger partial charge on any atom is -0.507 e. The maximum Gasteiger partial charge on any atom is 0.349 e. The molecule has 0 aliphatic heterocycles. The van der Waals surface area contributed by atoms with E-state index in [9.17, 15) is 20.0 Å². The van der Waals surface area contributed by atoms with Crippen LogP contribution < -0.4 is 4.90 Å². The molecule has 0 radical (unpaired) electrons. The Kier molecular flexibility index (Phi) is 9.27. The molecule has 1 aromatic carbocycles. The van der Waals surface area contributed by atoms with Gasteiger partial charge in [-0.25, -0.2) is 9.59 Å². The highest BCUT2D eigenvalue weighted by molar-refractivity contribution is 5.98. The predicted octanol–water partition coefficient (Wildman–Crippen LogP) is 1.78. The number of carbonyl (C=O) groups excluding carboxylic acids is 2. The van der Waals surface area contributed by atoms with Crippen LogP contribution >= 0.6 is 0 Å². The van der Waals surface area contributed by atoms with Gasteiger partial charge in [0, 0.05) is 36.0 Å². The number of hydrogen-bond donors (Lipinski definition) is 2. The molecule has 1 aromatic rings. The van der Waals surface area contributed by atoms with Crippen molar-refractivity contribution in [3.05, 3.63) is 41.5 Å². The van der Waals surface area contributed by atoms with Gasteiger partial charge >= 0.3 is 11.9 Å². The Morgan fingerprint density at radius 1 is 1.29 bits per heavy atom. The van der Waals surface area contributed by atoms with Crippen LogP contribution in [0.2, 0.25) is 0 Å². The molecular weight excluding hydrogens is 364 g/mol. The van der Waals surface area contributed by atoms with Crippen molar-refractivity contribution < 1.29 is 29.3 Å². The summed E-state index contributed by atoms with van der Waals surface area (Å²) >= 11 is 0. The molecule has 0 atom stereocenters. The highest BCUT2D eigenvalue weighted by Crippen LogP contribution is 2.26. The Balaban J connectivity index is 2.80. The van der Waals surface area contributed by atoms with Crippen LogP contribution in [-0.2, 0) is 19.1 Å². The van der Waals surface area contributed by atoms with Crippen LogP contribution in [0, 0.1) is 11.3 Å². The van der Waals surface area contributed by atoms with Gasteiger partial charge in [0.1, 0.15) is 30.6 Å². The first-order valence-electron chi connectivity index (χ1n) is 8.64. The summed E-state index contributed by atoms with van der Waals surface area (Å²) in [5.74, 6) is -1.61. The second-order valence-corrected chi connectivity index (χ2v) is 5.77. The number of esters is 2. The van der Waals surface area contributed by atoms with Gasteiger partial charge in [0.05, 0.1) is 6.61 Å². The van der Waals surface area contributed by atoms with E-state index in [1.807, 2.05) is 11.8 Å². The first-order valence-corrected chi connectivity index (χ1v) is 8.64. The Labute approximate surface area is 163 Å². The van der Waals surface area contributed by atoms with E-state index in [-0.39, 0.29) is 42.3 Å². The lowest BCUT2D eigenvalue weighted by Crippen LogP contribution is -2.25. The Morgan fingerprint density at radius 2 is 1.93 bits per heavy atom. The van der Waals surface area contributed by atoms with Crippen molar-refractivity contribution in [1.29, 1.82) is 5.26 Å². The third kappa shape index (κ3) is 6.78. The molecule has 0 fully saturated rings. The van der Waals surface area contributed by atoms with Gasteiger partial charge in [-0.1, -0.05) is 6.58 Å². The lowest BCUT2D eigenvalue weighted by molar-refractivity contribution is -0.147. The monoisotopic (exact) mass is 388 g/mol. The van der Waals surface area contributed by atoms with Crippen molar-refractivity contribution in [3.8, 4) is 11.8 Å². The van der Waals surface area contributed by atoms with E-state index in [4.69, 9.17) is 14.6 Å². The fraction of sp³-hybridized carbons (Fsp3) is 0.350. The van der Waals surface area contributed by atoms with E-state index in [0.717, 1.165) is 0 Å². The molecule has 8 heteroatoms. The van der Waals surface area contributed by atoms with E-state index < -0.39 is 11.9 Å². The number of aliphatic hydroxyl groups is 1. The number of anilines is 1. The first-order chi connectivity index (χ1) is 13.3. The summed E-state index contributed by atoms with van der Waals surface area (Å²) in [5, 5.41) is 28.5. The van der Waals surface area contributed by atoms with Crippen LogP contribution in [0.1, 0.15) is 19.4 Å². The summed E-state index contributed by atoms with van der Waals surface area (Å²) < 4.78 is 9.68. The molecule has 0 saturated heterocycles. The van der Waals surface area contributed by atoms with E-state index in [1.165, 1.54) is 19.1 Å². The summed E-state index contributed by atoms with van der Waals surface area (Å²) in [4.78, 5) is 25.1. The lowest BCUT2D eigenvalue weighted by atomic mass is 10.1. The molecule has 0 bridgehead atoms. The van der Waals surface area contributed by atoms with Crippen molar-refractivity contribution in [2.24, 2.45) is 0 Å². The highest BCUT2D eigenvalue weighted by Gasteiger charge is 2.14. The quantitative estimate of drug-likeness (QED) is 0.269. The van der Waals surface area contributed by atoms with Gasteiger partial charge in [0.2, 0.25) is 0 Å². The zero-order valence-electron chi connectivity index (χ0n) is 16.0. The number of rotatable bonds is 10. The van der Waals surface area contributed by atoms with Crippen molar-refractivity contribution in [1.82, 2.24) is 0 Å². The molecule has 0 spiro atoms. The fourth-order valence-electron chi connectivity index (χ4n) is 2.20. The Hall–Kier alpha value is -3.31. The molecule has 1 rings (SSSR count). The van der Waals surface area contributed by atoms with Crippen LogP contribution in [0.25, 0.3) is 6.08 Å². The van der Waals surface area contributed by atoms with E-state index in [2.05, 4.69) is 6.58 Å². The van der Waals surface area contributed by atoms with Crippen molar-refractivity contribution in [2.45, 2.75) is 13.8 Å². The summed E-state index contributed by atoms with van der Waals surface area (Å²) in [7, 11) is 0. The molecule has 0 aromatic heterocycles. The summed E-state index contributed by atoms with van der Waals surface area (Å²) in [6.07, 6.45) is 1.21. The van der Waals surface area contributed by atoms with Crippen LogP contribution in [0.3, 0.4) is 0 Å². The molecule has 0 heterocycles. The minimum absolute atomic E-state index is 0.0254. The fourth-order valence-corrected chi connectivity index (χ4v) is 2.20. The van der Waals surface area contributed by atoms with Crippen LogP contribution in [0.15, 0.2) is 35.9 Å². The highest BCUT2D eigenvalue weighted by atomic mass is 16.6. The third-order valence-electron chi connectivity index (χ3n) is 3.67. The van der Waals surface area contributed by atoms with Gasteiger partial charge in [-0.2, -0.15) is 5.26 Å². The summed E-state index contributed by atoms with van der Waals surface area (Å²) in [5.41, 5.74) is 0.887. The number of carbonyl (C=O) groups is 2. The number of aromatic hydroxyl groups is 1. The number of aliphatic hydroxyl groups excluding tert-OH is 1. The van der Waals surface area contributed by atoms with Gasteiger partial charge in [-0.3, -0.25) is 0 Å². The van der Waals surface area contributed by atoms with Crippen molar-refractivity contribution in [3.63, 3.8) is 0 Å². The van der Waals surface area contributed by atoms with Gasteiger partial charge in [0.15, 0.2) is 0 Å². The number of nitrogens with zero attached hydrogens (tertiary/aromatic N) is 2. The minimum atomic E-state index is -0.896. The van der Waals surface area contributed by atoms with Crippen molar-refractivity contribution in [2.75, 3.05) is 37.8 Å². The maximum absolute atomic E-state index is 12.0. The molecule has 8 nitrogen and oxygen atoms in total. The molecule has 0 aliphatic carbocycles. The molecule has 0 amide bonds. The molecular formula is C20H24N2O6. The molecule has 0 saturated carbocycles. The van der Waals surface area contributed by atoms with Gasteiger partial charge in [0.25, 0.3) is 0 Å². The zero-order valence-corrected chi connectivity index (χ0v) is 16.0. The second-order valence-electron chi connectivity index (χ2n) is 5.77. The number of hydrogen-bond acceptors (Lipinski definition) is 8. The number of phenols is 1. The summed E-state index contributed by atoms with van der Waals surface area (Å²) in [6.45, 7) is 7.49. The standard InChI is InChI=1S/C20H24N2O6/c1-4-22(7-8-23)17-6-5-15(18(24)12-17)11-16(13-21)20(26)28-10-9-27-19(25)14(2)3/h5-6,11-12,23-24H,2,4,7-10H2,1,3H3/b16-11+. The lowest BCUT2D eigenvalue weighted by Gasteiger charge is -2.22. The Bertz CT molecular complexity index is 794. The van der Waals surface area contributed by atoms with E-state index >= 15 is 0 Å².